The fourth-order valence-corrected chi connectivity index (χ4v) is 1.60. The zero-order valence-corrected chi connectivity index (χ0v) is 9.97. The number of amides is 1. The Kier molecular flexibility index (Phi) is 5.67. The van der Waals surface area contributed by atoms with E-state index in [2.05, 4.69) is 5.32 Å². The maximum Gasteiger partial charge on any atom is 0.321 e. The van der Waals surface area contributed by atoms with Crippen LogP contribution in [0.5, 0.6) is 0 Å². The van der Waals surface area contributed by atoms with Gasteiger partial charge in [-0.3, -0.25) is 13.8 Å². The fraction of sp³-hybridized carbons (Fsp3) is 0.667. The Labute approximate surface area is 96.1 Å². The number of nitrogens with one attached hydrogen (secondary N) is 1. The number of carboxylic acid groups (broad SMARTS) is 1. The van der Waals surface area contributed by atoms with E-state index in [4.69, 9.17) is 10.4 Å². The van der Waals surface area contributed by atoms with Crippen LogP contribution in [0.1, 0.15) is 20.3 Å². The van der Waals surface area contributed by atoms with Crippen LogP contribution in [0.15, 0.2) is 0 Å². The van der Waals surface area contributed by atoms with Crippen molar-refractivity contribution in [2.45, 2.75) is 25.0 Å². The molecule has 0 spiro atoms. The van der Waals surface area contributed by atoms with Gasteiger partial charge in [0.25, 0.3) is 0 Å². The molecule has 1 unspecified atom stereocenters. The number of carboxylic acids is 1. The first-order chi connectivity index (χ1) is 7.32. The predicted molar refractivity (Wildman–Crippen MR) is 58.0 cm³/mol. The molecule has 0 radical (unpaired) electrons. The van der Waals surface area contributed by atoms with Crippen molar-refractivity contribution in [1.82, 2.24) is 5.32 Å². The largest absolute Gasteiger partial charge is 0.480 e. The van der Waals surface area contributed by atoms with E-state index in [1.165, 1.54) is 13.8 Å². The zero-order valence-electron chi connectivity index (χ0n) is 9.15. The number of carbonyl (C=O) groups is 2. The second-order valence-corrected chi connectivity index (χ2v) is 5.56. The van der Waals surface area contributed by atoms with E-state index >= 15 is 0 Å². The average Bonchev–Trinajstić information content (AvgIpc) is 2.17. The van der Waals surface area contributed by atoms with E-state index in [1.807, 2.05) is 6.07 Å². The number of nitriles is 1. The molecule has 90 valence electrons. The highest BCUT2D eigenvalue weighted by Crippen LogP contribution is 2.12. The summed E-state index contributed by atoms with van der Waals surface area (Å²) >= 11 is 0. The van der Waals surface area contributed by atoms with Gasteiger partial charge in [-0.05, 0) is 13.8 Å². The summed E-state index contributed by atoms with van der Waals surface area (Å²) in [5.41, 5.74) is 0. The van der Waals surface area contributed by atoms with Crippen LogP contribution >= 0.6 is 0 Å². The molecule has 0 aromatic carbocycles. The Morgan fingerprint density at radius 2 is 2.06 bits per heavy atom. The van der Waals surface area contributed by atoms with Gasteiger partial charge in [-0.15, -0.1) is 0 Å². The van der Waals surface area contributed by atoms with Crippen molar-refractivity contribution >= 4 is 22.7 Å². The Morgan fingerprint density at radius 3 is 2.50 bits per heavy atom. The van der Waals surface area contributed by atoms with Crippen molar-refractivity contribution < 1.29 is 18.9 Å². The third-order valence-corrected chi connectivity index (χ3v) is 3.74. The summed E-state index contributed by atoms with van der Waals surface area (Å²) in [5.74, 6) is -2.09. The molecule has 0 aliphatic rings. The molecule has 0 aromatic rings. The van der Waals surface area contributed by atoms with Gasteiger partial charge in [0.05, 0.1) is 12.5 Å². The van der Waals surface area contributed by atoms with Crippen LogP contribution < -0.4 is 5.32 Å². The first-order valence-corrected chi connectivity index (χ1v) is 5.89. The molecule has 0 rings (SSSR count). The Morgan fingerprint density at radius 1 is 1.50 bits per heavy atom. The molecule has 0 bridgehead atoms. The van der Waals surface area contributed by atoms with E-state index in [9.17, 15) is 13.8 Å². The van der Waals surface area contributed by atoms with Gasteiger partial charge in [0.1, 0.15) is 10.5 Å². The van der Waals surface area contributed by atoms with E-state index in [0.29, 0.717) is 0 Å². The molecule has 7 heteroatoms. The Balaban J connectivity index is 4.21. The summed E-state index contributed by atoms with van der Waals surface area (Å²) in [7, 11) is -1.79. The van der Waals surface area contributed by atoms with Gasteiger partial charge in [0, 0.05) is 17.3 Å². The summed E-state index contributed by atoms with van der Waals surface area (Å²) in [6.07, 6.45) is 0.167. The standard InChI is InChI=1S/C9H14N2O4S/c1-9(2,8(13)14)16(15)6-7(12)11-5-3-4-10/h3,5-6H2,1-2H3,(H,11,12)(H,13,14). The molecule has 0 aliphatic carbocycles. The lowest BCUT2D eigenvalue weighted by atomic mass is 10.2. The summed E-state index contributed by atoms with van der Waals surface area (Å²) in [5, 5.41) is 19.4. The van der Waals surface area contributed by atoms with Crippen molar-refractivity contribution in [3.63, 3.8) is 0 Å². The van der Waals surface area contributed by atoms with Gasteiger partial charge in [0.2, 0.25) is 5.91 Å². The van der Waals surface area contributed by atoms with Crippen LogP contribution in [-0.4, -0.2) is 38.2 Å². The number of rotatable bonds is 6. The maximum absolute atomic E-state index is 11.6. The van der Waals surface area contributed by atoms with Gasteiger partial charge in [0.15, 0.2) is 0 Å². The number of aliphatic carboxylic acids is 1. The van der Waals surface area contributed by atoms with Crippen LogP contribution in [0.4, 0.5) is 0 Å². The lowest BCUT2D eigenvalue weighted by Crippen LogP contribution is -2.41. The summed E-state index contributed by atoms with van der Waals surface area (Å²) < 4.78 is 10.1. The molecule has 0 saturated heterocycles. The van der Waals surface area contributed by atoms with E-state index in [-0.39, 0.29) is 18.7 Å². The molecule has 0 saturated carbocycles. The fourth-order valence-electron chi connectivity index (χ4n) is 0.706. The molecule has 0 aromatic heterocycles. The molecule has 0 fully saturated rings. The normalized spacial score (nSPS) is 12.6. The zero-order chi connectivity index (χ0) is 12.8. The second-order valence-electron chi connectivity index (χ2n) is 3.56. The third kappa shape index (κ3) is 4.40. The monoisotopic (exact) mass is 246 g/mol. The van der Waals surface area contributed by atoms with Gasteiger partial charge in [-0.2, -0.15) is 5.26 Å². The molecular weight excluding hydrogens is 232 g/mol. The molecule has 0 aliphatic heterocycles. The summed E-state index contributed by atoms with van der Waals surface area (Å²) in [6, 6.07) is 1.84. The highest BCUT2D eigenvalue weighted by Gasteiger charge is 2.35. The Bertz CT molecular complexity index is 346. The van der Waals surface area contributed by atoms with Crippen molar-refractivity contribution in [3.05, 3.63) is 0 Å². The molecule has 6 nitrogen and oxygen atoms in total. The van der Waals surface area contributed by atoms with Gasteiger partial charge in [-0.1, -0.05) is 0 Å². The first kappa shape index (κ1) is 14.6. The average molecular weight is 246 g/mol. The van der Waals surface area contributed by atoms with E-state index in [0.717, 1.165) is 0 Å². The van der Waals surface area contributed by atoms with Crippen molar-refractivity contribution in [3.8, 4) is 6.07 Å². The van der Waals surface area contributed by atoms with Gasteiger partial charge >= 0.3 is 5.97 Å². The van der Waals surface area contributed by atoms with Crippen molar-refractivity contribution in [2.75, 3.05) is 12.3 Å². The third-order valence-electron chi connectivity index (χ3n) is 1.91. The molecule has 2 N–H and O–H groups in total. The molecule has 1 amide bonds. The minimum atomic E-state index is -1.79. The minimum absolute atomic E-state index is 0.167. The maximum atomic E-state index is 11.6. The van der Waals surface area contributed by atoms with Gasteiger partial charge in [-0.25, -0.2) is 0 Å². The predicted octanol–water partition coefficient (Wildman–Crippen LogP) is -0.372. The minimum Gasteiger partial charge on any atom is -0.480 e. The quantitative estimate of drug-likeness (QED) is 0.622. The van der Waals surface area contributed by atoms with Crippen LogP contribution in [0, 0.1) is 11.3 Å². The van der Waals surface area contributed by atoms with Crippen molar-refractivity contribution in [1.29, 1.82) is 5.26 Å². The van der Waals surface area contributed by atoms with Crippen LogP contribution in [-0.2, 0) is 20.4 Å². The first-order valence-electron chi connectivity index (χ1n) is 4.58. The number of carbonyl (C=O) groups excluding carboxylic acids is 1. The lowest BCUT2D eigenvalue weighted by molar-refractivity contribution is -0.139. The molecule has 16 heavy (non-hydrogen) atoms. The van der Waals surface area contributed by atoms with E-state index < -0.39 is 27.4 Å². The summed E-state index contributed by atoms with van der Waals surface area (Å²) in [6.45, 7) is 2.78. The molecule has 1 atom stereocenters. The lowest BCUT2D eigenvalue weighted by Gasteiger charge is -2.17. The van der Waals surface area contributed by atoms with Crippen molar-refractivity contribution in [2.24, 2.45) is 0 Å². The van der Waals surface area contributed by atoms with Crippen LogP contribution in [0.2, 0.25) is 0 Å². The topological polar surface area (TPSA) is 107 Å². The highest BCUT2D eigenvalue weighted by molar-refractivity contribution is 7.87. The van der Waals surface area contributed by atoms with Crippen LogP contribution in [0.3, 0.4) is 0 Å². The SMILES string of the molecule is CC(C)(C(=O)O)S(=O)CC(=O)NCCC#N. The number of hydrogen-bond donors (Lipinski definition) is 2. The summed E-state index contributed by atoms with van der Waals surface area (Å²) in [4.78, 5) is 21.9. The number of nitrogens with zero attached hydrogens (tertiary/aromatic N) is 1. The highest BCUT2D eigenvalue weighted by atomic mass is 32.2. The second kappa shape index (κ2) is 6.23. The van der Waals surface area contributed by atoms with Gasteiger partial charge < -0.3 is 10.4 Å². The van der Waals surface area contributed by atoms with E-state index in [1.54, 1.807) is 0 Å². The Hall–Kier alpha value is -1.42. The smallest absolute Gasteiger partial charge is 0.321 e. The molecule has 0 heterocycles. The van der Waals surface area contributed by atoms with Crippen LogP contribution in [0.25, 0.3) is 0 Å². The molecular formula is C9H14N2O4S. The number of hydrogen-bond acceptors (Lipinski definition) is 4.